The molecule has 2 aromatic carbocycles. The Morgan fingerprint density at radius 1 is 0.979 bits per heavy atom. The van der Waals surface area contributed by atoms with Gasteiger partial charge in [0.05, 0.1) is 23.3 Å². The maximum absolute atomic E-state index is 13.7. The van der Waals surface area contributed by atoms with Gasteiger partial charge in [-0.3, -0.25) is 0 Å². The van der Waals surface area contributed by atoms with Crippen LogP contribution in [0.3, 0.4) is 0 Å². The molecule has 3 heterocycles. The molecule has 15 heteroatoms. The second-order valence-electron chi connectivity index (χ2n) is 13.1. The van der Waals surface area contributed by atoms with Gasteiger partial charge < -0.3 is 25.1 Å². The third-order valence-electron chi connectivity index (χ3n) is 8.21. The predicted octanol–water partition coefficient (Wildman–Crippen LogP) is 7.36. The fourth-order valence-electron chi connectivity index (χ4n) is 5.89. The van der Waals surface area contributed by atoms with Crippen molar-refractivity contribution in [3.63, 3.8) is 0 Å². The van der Waals surface area contributed by atoms with Gasteiger partial charge in [-0.1, -0.05) is 12.1 Å². The molecule has 264 valence electrons. The summed E-state index contributed by atoms with van der Waals surface area (Å²) >= 11 is 0. The molecule has 1 saturated heterocycles. The van der Waals surface area contributed by atoms with Crippen molar-refractivity contribution in [1.82, 2.24) is 20.1 Å². The third-order valence-corrected chi connectivity index (χ3v) is 8.21. The van der Waals surface area contributed by atoms with Gasteiger partial charge in [-0.05, 0) is 101 Å². The van der Waals surface area contributed by atoms with Crippen molar-refractivity contribution in [2.45, 2.75) is 96.0 Å². The van der Waals surface area contributed by atoms with Gasteiger partial charge in [-0.15, -0.1) is 10.2 Å². The first-order valence-corrected chi connectivity index (χ1v) is 15.6. The highest BCUT2D eigenvalue weighted by Gasteiger charge is 2.39. The van der Waals surface area contributed by atoms with Gasteiger partial charge in [0.15, 0.2) is 0 Å². The van der Waals surface area contributed by atoms with Crippen molar-refractivity contribution in [2.75, 3.05) is 13.1 Å². The minimum Gasteiger partial charge on any atom is -0.444 e. The van der Waals surface area contributed by atoms with Crippen LogP contribution < -0.4 is 11.1 Å². The number of primary amides is 1. The van der Waals surface area contributed by atoms with E-state index in [1.165, 1.54) is 19.1 Å². The van der Waals surface area contributed by atoms with Crippen LogP contribution in [0.4, 0.5) is 35.5 Å². The molecule has 48 heavy (non-hydrogen) atoms. The molecule has 2 aliphatic heterocycles. The Kier molecular flexibility index (Phi) is 11.4. The summed E-state index contributed by atoms with van der Waals surface area (Å²) < 4.78 is 107. The number of rotatable bonds is 6. The lowest BCUT2D eigenvalue weighted by Crippen LogP contribution is -2.36. The van der Waals surface area contributed by atoms with E-state index in [-0.39, 0.29) is 24.0 Å². The maximum Gasteiger partial charge on any atom is 0.416 e. The van der Waals surface area contributed by atoms with E-state index in [4.69, 9.17) is 10.5 Å². The SMILES string of the molecule is CC(C)(C)OC(N)=O.C[C@@H](O[C@H]1Cc2nnc(CC3CCNCC3)n2C[C@@H]1c1ccc(F)cc1)c1cc(C(F)(F)F)cc(C(F)(F)F)c1. The number of piperidine rings is 1. The summed E-state index contributed by atoms with van der Waals surface area (Å²) in [5, 5.41) is 12.1. The number of nitrogens with two attached hydrogens (primary N) is 1. The molecule has 2 aliphatic rings. The molecule has 1 aromatic heterocycles. The van der Waals surface area contributed by atoms with Crippen molar-refractivity contribution in [3.05, 3.63) is 82.2 Å². The van der Waals surface area contributed by atoms with E-state index in [1.54, 1.807) is 32.9 Å². The number of fused-ring (bicyclic) bond motifs is 1. The summed E-state index contributed by atoms with van der Waals surface area (Å²) in [6.07, 6.45) is -9.36. The van der Waals surface area contributed by atoms with Gasteiger partial charge in [0.1, 0.15) is 23.1 Å². The van der Waals surface area contributed by atoms with Gasteiger partial charge in [0, 0.05) is 25.3 Å². The van der Waals surface area contributed by atoms with Gasteiger partial charge in [0.25, 0.3) is 0 Å². The largest absolute Gasteiger partial charge is 0.444 e. The molecule has 1 fully saturated rings. The number of alkyl halides is 6. The summed E-state index contributed by atoms with van der Waals surface area (Å²) in [6.45, 7) is 8.97. The first-order chi connectivity index (χ1) is 22.3. The van der Waals surface area contributed by atoms with Crippen LogP contribution in [0.15, 0.2) is 42.5 Å². The third kappa shape index (κ3) is 10.1. The zero-order valence-electron chi connectivity index (χ0n) is 27.1. The number of carbonyl (C=O) groups excluding carboxylic acids is 1. The molecular formula is C33H40F7N5O3. The average Bonchev–Trinajstić information content (AvgIpc) is 3.36. The van der Waals surface area contributed by atoms with Crippen molar-refractivity contribution >= 4 is 6.09 Å². The van der Waals surface area contributed by atoms with E-state index in [1.807, 2.05) is 4.57 Å². The van der Waals surface area contributed by atoms with Crippen LogP contribution in [0, 0.1) is 11.7 Å². The van der Waals surface area contributed by atoms with Crippen molar-refractivity contribution in [2.24, 2.45) is 11.7 Å². The highest BCUT2D eigenvalue weighted by molar-refractivity contribution is 5.65. The van der Waals surface area contributed by atoms with Crippen LogP contribution in [0.5, 0.6) is 0 Å². The molecule has 1 amide bonds. The van der Waals surface area contributed by atoms with Gasteiger partial charge in [-0.2, -0.15) is 26.3 Å². The Hall–Kier alpha value is -3.72. The summed E-state index contributed by atoms with van der Waals surface area (Å²) in [5.41, 5.74) is 1.98. The Balaban J connectivity index is 0.000000579. The molecule has 0 bridgehead atoms. The van der Waals surface area contributed by atoms with Gasteiger partial charge >= 0.3 is 18.4 Å². The molecule has 3 atom stereocenters. The Labute approximate surface area is 274 Å². The number of hydrogen-bond donors (Lipinski definition) is 2. The molecular weight excluding hydrogens is 647 g/mol. The lowest BCUT2D eigenvalue weighted by atomic mass is 9.87. The number of amides is 1. The van der Waals surface area contributed by atoms with E-state index >= 15 is 0 Å². The predicted molar refractivity (Wildman–Crippen MR) is 162 cm³/mol. The average molecular weight is 688 g/mol. The molecule has 0 saturated carbocycles. The smallest absolute Gasteiger partial charge is 0.416 e. The summed E-state index contributed by atoms with van der Waals surface area (Å²) in [6, 6.07) is 7.35. The number of carbonyl (C=O) groups is 1. The molecule has 0 radical (unpaired) electrons. The van der Waals surface area contributed by atoms with Crippen LogP contribution in [0.1, 0.15) is 86.5 Å². The van der Waals surface area contributed by atoms with Crippen LogP contribution in [-0.4, -0.2) is 45.7 Å². The first-order valence-electron chi connectivity index (χ1n) is 15.6. The fraction of sp³-hybridized carbons (Fsp3) is 0.545. The number of benzene rings is 2. The summed E-state index contributed by atoms with van der Waals surface area (Å²) in [4.78, 5) is 10.0. The number of hydrogen-bond acceptors (Lipinski definition) is 6. The van der Waals surface area contributed by atoms with E-state index in [0.29, 0.717) is 30.4 Å². The lowest BCUT2D eigenvalue weighted by Gasteiger charge is -2.35. The second kappa shape index (κ2) is 14.8. The maximum atomic E-state index is 13.7. The fourth-order valence-corrected chi connectivity index (χ4v) is 5.89. The molecule has 0 spiro atoms. The van der Waals surface area contributed by atoms with Crippen molar-refractivity contribution in [1.29, 1.82) is 0 Å². The summed E-state index contributed by atoms with van der Waals surface area (Å²) in [7, 11) is 0. The normalized spacial score (nSPS) is 19.6. The molecule has 0 aliphatic carbocycles. The quantitative estimate of drug-likeness (QED) is 0.263. The Morgan fingerprint density at radius 2 is 1.56 bits per heavy atom. The number of aromatic nitrogens is 3. The van der Waals surface area contributed by atoms with Crippen LogP contribution >= 0.6 is 0 Å². The zero-order valence-corrected chi connectivity index (χ0v) is 27.1. The number of halogens is 7. The van der Waals surface area contributed by atoms with E-state index < -0.39 is 53.2 Å². The Bertz CT molecular complexity index is 1500. The number of nitrogens with one attached hydrogen (secondary N) is 1. The van der Waals surface area contributed by atoms with Crippen molar-refractivity contribution < 1.29 is 45.0 Å². The highest BCUT2D eigenvalue weighted by atomic mass is 19.4. The summed E-state index contributed by atoms with van der Waals surface area (Å²) in [5.74, 6) is 1.14. The van der Waals surface area contributed by atoms with Gasteiger partial charge in [0.2, 0.25) is 0 Å². The second-order valence-corrected chi connectivity index (χ2v) is 13.1. The lowest BCUT2D eigenvalue weighted by molar-refractivity contribution is -0.143. The molecule has 0 unspecified atom stereocenters. The van der Waals surface area contributed by atoms with E-state index in [2.05, 4.69) is 20.3 Å². The highest BCUT2D eigenvalue weighted by Crippen LogP contribution is 2.40. The van der Waals surface area contributed by atoms with Gasteiger partial charge in [-0.25, -0.2) is 9.18 Å². The molecule has 5 rings (SSSR count). The minimum atomic E-state index is -4.96. The molecule has 3 N–H and O–H groups in total. The number of nitrogens with zero attached hydrogens (tertiary/aromatic N) is 3. The first kappa shape index (κ1) is 37.1. The van der Waals surface area contributed by atoms with Crippen LogP contribution in [0.25, 0.3) is 0 Å². The van der Waals surface area contributed by atoms with Crippen molar-refractivity contribution in [3.8, 4) is 0 Å². The topological polar surface area (TPSA) is 104 Å². The van der Waals surface area contributed by atoms with E-state index in [0.717, 1.165) is 43.7 Å². The minimum absolute atomic E-state index is 0.102. The monoisotopic (exact) mass is 687 g/mol. The molecule has 3 aromatic rings. The number of ether oxygens (including phenoxy) is 2. The Morgan fingerprint density at radius 3 is 2.06 bits per heavy atom. The molecule has 8 nitrogen and oxygen atoms in total. The van der Waals surface area contributed by atoms with Crippen LogP contribution in [-0.2, 0) is 41.2 Å². The zero-order chi connectivity index (χ0) is 35.4. The van der Waals surface area contributed by atoms with Crippen LogP contribution in [0.2, 0.25) is 0 Å². The standard InChI is InChI=1S/C28H29F7N4O.C5H11NO2/c1-16(19-11-20(27(30,31)32)13-21(12-19)28(33,34)35)40-24-14-26-38-37-25(10-17-6-8-36-9-7-17)39(26)15-23(24)18-2-4-22(29)5-3-18;1-5(2,3)8-4(6)7/h2-5,11-13,16-17,23-24,36H,6-10,14-15H2,1H3;1-3H3,(H2,6,7)/t16-,23-,24+;/m1./s1. The van der Waals surface area contributed by atoms with E-state index in [9.17, 15) is 35.5 Å².